The van der Waals surface area contributed by atoms with Gasteiger partial charge in [0, 0.05) is 50.7 Å². The molecule has 6 rings (SSSR count). The molecule has 0 radical (unpaired) electrons. The van der Waals surface area contributed by atoms with Gasteiger partial charge in [0.15, 0.2) is 5.65 Å². The van der Waals surface area contributed by atoms with E-state index in [4.69, 9.17) is 19.2 Å². The second-order valence-corrected chi connectivity index (χ2v) is 9.63. The Hall–Kier alpha value is -3.54. The minimum atomic E-state index is -0.204. The van der Waals surface area contributed by atoms with E-state index in [-0.39, 0.29) is 30.2 Å². The van der Waals surface area contributed by atoms with Crippen LogP contribution in [-0.2, 0) is 14.2 Å². The third kappa shape index (κ3) is 4.12. The van der Waals surface area contributed by atoms with Crippen LogP contribution in [0.1, 0.15) is 35.7 Å². The molecule has 1 aliphatic carbocycles. The summed E-state index contributed by atoms with van der Waals surface area (Å²) in [6.07, 6.45) is 8.25. The minimum Gasteiger partial charge on any atom is -0.382 e. The fourth-order valence-corrected chi connectivity index (χ4v) is 5.35. The first-order valence-corrected chi connectivity index (χ1v) is 12.6. The zero-order chi connectivity index (χ0) is 25.5. The van der Waals surface area contributed by atoms with Gasteiger partial charge in [-0.05, 0) is 31.4 Å². The first kappa shape index (κ1) is 23.8. The zero-order valence-corrected chi connectivity index (χ0v) is 21.2. The first-order chi connectivity index (χ1) is 18.1. The molecule has 4 aromatic rings. The van der Waals surface area contributed by atoms with Gasteiger partial charge in [0.2, 0.25) is 0 Å². The lowest BCUT2D eigenvalue weighted by Crippen LogP contribution is -2.51. The molecule has 1 saturated carbocycles. The molecule has 4 atom stereocenters. The third-order valence-corrected chi connectivity index (χ3v) is 7.47. The highest BCUT2D eigenvalue weighted by Crippen LogP contribution is 2.35. The number of carbonyl (C=O) groups excluding carboxylic acids is 1. The Kier molecular flexibility index (Phi) is 6.27. The average Bonchev–Trinajstić information content (AvgIpc) is 3.63. The maximum atomic E-state index is 13.2. The van der Waals surface area contributed by atoms with E-state index in [9.17, 15) is 4.79 Å². The predicted octanol–water partition coefficient (Wildman–Crippen LogP) is 2.67. The normalized spacial score (nSPS) is 23.4. The van der Waals surface area contributed by atoms with Crippen LogP contribution in [0, 0.1) is 0 Å². The number of hydrogen-bond acceptors (Lipinski definition) is 8. The number of fused-ring (bicyclic) bond motifs is 2. The van der Waals surface area contributed by atoms with Crippen molar-refractivity contribution in [2.75, 3.05) is 39.8 Å². The molecule has 0 spiro atoms. The molecule has 2 fully saturated rings. The van der Waals surface area contributed by atoms with E-state index in [1.54, 1.807) is 31.1 Å². The molecule has 1 aliphatic heterocycles. The predicted molar refractivity (Wildman–Crippen MR) is 138 cm³/mol. The fraction of sp³-hybridized carbons (Fsp3) is 0.462. The molecule has 194 valence electrons. The van der Waals surface area contributed by atoms with E-state index in [2.05, 4.69) is 31.5 Å². The van der Waals surface area contributed by atoms with Crippen molar-refractivity contribution in [3.05, 3.63) is 42.4 Å². The highest BCUT2D eigenvalue weighted by atomic mass is 16.5. The molecule has 0 unspecified atom stereocenters. The van der Waals surface area contributed by atoms with Gasteiger partial charge in [0.05, 0.1) is 49.4 Å². The summed E-state index contributed by atoms with van der Waals surface area (Å²) in [7, 11) is 5.19. The number of hydrogen-bond donors (Lipinski definition) is 2. The molecule has 4 aromatic heterocycles. The second-order valence-electron chi connectivity index (χ2n) is 9.63. The number of nitrogens with one attached hydrogen (secondary N) is 2. The van der Waals surface area contributed by atoms with Gasteiger partial charge in [0.25, 0.3) is 5.91 Å². The quantitative estimate of drug-likeness (QED) is 0.375. The number of methoxy groups -OCH3 is 2. The van der Waals surface area contributed by atoms with Crippen LogP contribution >= 0.6 is 0 Å². The van der Waals surface area contributed by atoms with Crippen LogP contribution in [0.3, 0.4) is 0 Å². The standard InChI is InChI=1S/C26H31N7O4/c1-27-23-10-21(30-25-18(11-29-33(23)25)26(34)31-20-6-7-22(20)36-3)19-12-32(24-17(19)5-4-8-28-24)15-9-16(14-35-2)37-13-15/h4-5,8,10-12,15-16,20,22,27H,6-7,9,13-14H2,1-3H3,(H,31,34)/t15-,16-,20-,22-/m1/s1. The summed E-state index contributed by atoms with van der Waals surface area (Å²) >= 11 is 0. The van der Waals surface area contributed by atoms with E-state index >= 15 is 0 Å². The Morgan fingerprint density at radius 1 is 1.27 bits per heavy atom. The molecule has 2 aliphatic rings. The number of ether oxygens (including phenoxy) is 3. The smallest absolute Gasteiger partial charge is 0.257 e. The van der Waals surface area contributed by atoms with Crippen molar-refractivity contribution in [1.82, 2.24) is 29.5 Å². The summed E-state index contributed by atoms with van der Waals surface area (Å²) in [5, 5.41) is 11.7. The molecular formula is C26H31N7O4. The molecular weight excluding hydrogens is 474 g/mol. The molecule has 1 amide bonds. The van der Waals surface area contributed by atoms with Crippen molar-refractivity contribution in [2.24, 2.45) is 0 Å². The Bertz CT molecular complexity index is 1450. The number of nitrogens with zero attached hydrogens (tertiary/aromatic N) is 5. The summed E-state index contributed by atoms with van der Waals surface area (Å²) in [6, 6.07) is 6.06. The first-order valence-electron chi connectivity index (χ1n) is 12.6. The number of pyridine rings is 1. The van der Waals surface area contributed by atoms with Crippen molar-refractivity contribution < 1.29 is 19.0 Å². The maximum absolute atomic E-state index is 13.2. The van der Waals surface area contributed by atoms with Gasteiger partial charge in [0.1, 0.15) is 17.0 Å². The summed E-state index contributed by atoms with van der Waals surface area (Å²) in [5.41, 5.74) is 3.45. The zero-order valence-electron chi connectivity index (χ0n) is 21.2. The van der Waals surface area contributed by atoms with Crippen LogP contribution < -0.4 is 10.6 Å². The van der Waals surface area contributed by atoms with Gasteiger partial charge < -0.3 is 29.4 Å². The van der Waals surface area contributed by atoms with Gasteiger partial charge in [-0.2, -0.15) is 9.61 Å². The molecule has 0 bridgehead atoms. The molecule has 1 saturated heterocycles. The van der Waals surface area contributed by atoms with Crippen molar-refractivity contribution in [3.8, 4) is 11.3 Å². The lowest BCUT2D eigenvalue weighted by Gasteiger charge is -2.35. The van der Waals surface area contributed by atoms with Crippen LogP contribution in [0.4, 0.5) is 5.82 Å². The topological polar surface area (TPSA) is 117 Å². The van der Waals surface area contributed by atoms with Crippen LogP contribution in [0.15, 0.2) is 36.8 Å². The maximum Gasteiger partial charge on any atom is 0.257 e. The highest BCUT2D eigenvalue weighted by molar-refractivity contribution is 6.01. The number of aromatic nitrogens is 5. The number of amides is 1. The minimum absolute atomic E-state index is 0.000909. The Morgan fingerprint density at radius 2 is 2.16 bits per heavy atom. The van der Waals surface area contributed by atoms with E-state index in [1.807, 2.05) is 25.2 Å². The summed E-state index contributed by atoms with van der Waals surface area (Å²) in [5.74, 6) is 0.524. The van der Waals surface area contributed by atoms with Gasteiger partial charge in [-0.1, -0.05) is 0 Å². The lowest BCUT2D eigenvalue weighted by molar-refractivity contribution is 0.00732. The molecule has 0 aromatic carbocycles. The molecule has 37 heavy (non-hydrogen) atoms. The van der Waals surface area contributed by atoms with Crippen LogP contribution in [0.5, 0.6) is 0 Å². The number of anilines is 1. The van der Waals surface area contributed by atoms with Crippen molar-refractivity contribution >= 4 is 28.4 Å². The fourth-order valence-electron chi connectivity index (χ4n) is 5.35. The van der Waals surface area contributed by atoms with Gasteiger partial charge in [-0.15, -0.1) is 0 Å². The summed E-state index contributed by atoms with van der Waals surface area (Å²) < 4.78 is 20.5. The molecule has 5 heterocycles. The summed E-state index contributed by atoms with van der Waals surface area (Å²) in [6.45, 7) is 1.16. The molecule has 11 nitrogen and oxygen atoms in total. The Labute approximate surface area is 214 Å². The van der Waals surface area contributed by atoms with Gasteiger partial charge in [-0.3, -0.25) is 4.79 Å². The van der Waals surface area contributed by atoms with E-state index in [0.29, 0.717) is 24.4 Å². The van der Waals surface area contributed by atoms with E-state index in [1.165, 1.54) is 0 Å². The van der Waals surface area contributed by atoms with E-state index < -0.39 is 0 Å². The van der Waals surface area contributed by atoms with Crippen LogP contribution in [0.2, 0.25) is 0 Å². The van der Waals surface area contributed by atoms with Gasteiger partial charge in [-0.25, -0.2) is 9.97 Å². The monoisotopic (exact) mass is 505 g/mol. The van der Waals surface area contributed by atoms with Crippen LogP contribution in [0.25, 0.3) is 27.9 Å². The largest absolute Gasteiger partial charge is 0.382 e. The van der Waals surface area contributed by atoms with Crippen molar-refractivity contribution in [1.29, 1.82) is 0 Å². The second kappa shape index (κ2) is 9.73. The molecule has 2 N–H and O–H groups in total. The SMILES string of the molecule is CNc1cc(-c2cn([C@H]3CO[C@@H](COC)C3)c3ncccc23)nc2c(C(=O)N[C@@H]3CC[C@H]3OC)cnn12. The number of carbonyl (C=O) groups is 1. The van der Waals surface area contributed by atoms with E-state index in [0.717, 1.165) is 47.4 Å². The summed E-state index contributed by atoms with van der Waals surface area (Å²) in [4.78, 5) is 22.8. The van der Waals surface area contributed by atoms with Crippen molar-refractivity contribution in [3.63, 3.8) is 0 Å². The van der Waals surface area contributed by atoms with Crippen molar-refractivity contribution in [2.45, 2.75) is 43.6 Å². The Balaban J connectivity index is 1.41. The Morgan fingerprint density at radius 3 is 2.92 bits per heavy atom. The third-order valence-electron chi connectivity index (χ3n) is 7.47. The molecule has 11 heteroatoms. The number of rotatable bonds is 8. The lowest BCUT2D eigenvalue weighted by atomic mass is 9.89. The van der Waals surface area contributed by atoms with Gasteiger partial charge >= 0.3 is 0 Å². The highest BCUT2D eigenvalue weighted by Gasteiger charge is 2.33. The van der Waals surface area contributed by atoms with Crippen LogP contribution in [-0.4, -0.2) is 82.8 Å². The average molecular weight is 506 g/mol.